The van der Waals surface area contributed by atoms with Gasteiger partial charge in [0.1, 0.15) is 11.5 Å². The summed E-state index contributed by atoms with van der Waals surface area (Å²) in [4.78, 5) is 17.1. The number of benzene rings is 2. The predicted octanol–water partition coefficient (Wildman–Crippen LogP) is 5.57. The summed E-state index contributed by atoms with van der Waals surface area (Å²) in [7, 11) is 0. The zero-order valence-corrected chi connectivity index (χ0v) is 18.5. The van der Waals surface area contributed by atoms with Crippen LogP contribution in [0.5, 0.6) is 0 Å². The van der Waals surface area contributed by atoms with Crippen molar-refractivity contribution in [3.63, 3.8) is 0 Å². The second-order valence-electron chi connectivity index (χ2n) is 7.74. The number of nitriles is 1. The summed E-state index contributed by atoms with van der Waals surface area (Å²) in [6, 6.07) is 12.7. The Kier molecular flexibility index (Phi) is 6.42. The normalized spacial score (nSPS) is 11.3. The van der Waals surface area contributed by atoms with Crippen LogP contribution in [-0.4, -0.2) is 20.0 Å². The van der Waals surface area contributed by atoms with Crippen LogP contribution in [-0.2, 0) is 19.1 Å². The molecule has 2 aromatic heterocycles. The van der Waals surface area contributed by atoms with Gasteiger partial charge in [-0.15, -0.1) is 0 Å². The molecule has 0 bridgehead atoms. The van der Waals surface area contributed by atoms with Crippen molar-refractivity contribution in [1.82, 2.24) is 14.1 Å². The number of hydrogen-bond acceptors (Lipinski definition) is 3. The van der Waals surface area contributed by atoms with Gasteiger partial charge in [-0.3, -0.25) is 4.79 Å². The van der Waals surface area contributed by atoms with Crippen LogP contribution in [0.3, 0.4) is 0 Å². The molecule has 0 fully saturated rings. The summed E-state index contributed by atoms with van der Waals surface area (Å²) in [5.41, 5.74) is -0.523. The van der Waals surface area contributed by atoms with Gasteiger partial charge in [-0.25, -0.2) is 9.37 Å². The fourth-order valence-corrected chi connectivity index (χ4v) is 3.86. The maximum atomic E-state index is 14.5. The Hall–Kier alpha value is -4.39. The van der Waals surface area contributed by atoms with E-state index in [-0.39, 0.29) is 34.7 Å². The Labute approximate surface area is 198 Å². The van der Waals surface area contributed by atoms with Gasteiger partial charge in [-0.1, -0.05) is 19.1 Å². The van der Waals surface area contributed by atoms with Crippen molar-refractivity contribution in [3.05, 3.63) is 101 Å². The average molecular weight is 481 g/mol. The van der Waals surface area contributed by atoms with Crippen molar-refractivity contribution in [1.29, 1.82) is 5.26 Å². The van der Waals surface area contributed by atoms with Gasteiger partial charge in [0, 0.05) is 30.3 Å². The standard InChI is InChI=1S/C25H19F4N5O/c1-2-22-19(25(27,28)29)12-23(34(22)18-5-3-4-16(10-18)13-30)24(35)32-21-11-17(6-7-20(21)26)14-33-9-8-31-15-33/h3-12,15H,2,14H2,1H3,(H,32,35). The predicted molar refractivity (Wildman–Crippen MR) is 121 cm³/mol. The lowest BCUT2D eigenvalue weighted by Crippen LogP contribution is -2.18. The molecule has 4 rings (SSSR count). The quantitative estimate of drug-likeness (QED) is 0.366. The molecule has 2 heterocycles. The van der Waals surface area contributed by atoms with Crippen LogP contribution in [0.4, 0.5) is 23.2 Å². The minimum absolute atomic E-state index is 0.0341. The third-order valence-electron chi connectivity index (χ3n) is 5.41. The number of nitrogens with zero attached hydrogens (tertiary/aromatic N) is 4. The minimum atomic E-state index is -4.71. The lowest BCUT2D eigenvalue weighted by molar-refractivity contribution is -0.138. The smallest absolute Gasteiger partial charge is 0.333 e. The number of alkyl halides is 3. The summed E-state index contributed by atoms with van der Waals surface area (Å²) >= 11 is 0. The topological polar surface area (TPSA) is 75.6 Å². The zero-order chi connectivity index (χ0) is 25.2. The third kappa shape index (κ3) is 4.94. The number of nitrogens with one attached hydrogen (secondary N) is 1. The van der Waals surface area contributed by atoms with Gasteiger partial charge in [0.25, 0.3) is 5.91 Å². The number of halogens is 4. The summed E-state index contributed by atoms with van der Waals surface area (Å²) in [5, 5.41) is 11.6. The van der Waals surface area contributed by atoms with E-state index >= 15 is 0 Å². The lowest BCUT2D eigenvalue weighted by Gasteiger charge is -2.15. The maximum absolute atomic E-state index is 14.5. The SMILES string of the molecule is CCc1c(C(F)(F)F)cc(C(=O)Nc2cc(Cn3ccnc3)ccc2F)n1-c1cccc(C#N)c1. The van der Waals surface area contributed by atoms with Gasteiger partial charge in [-0.2, -0.15) is 18.4 Å². The number of aromatic nitrogens is 3. The van der Waals surface area contributed by atoms with Crippen LogP contribution < -0.4 is 5.32 Å². The van der Waals surface area contributed by atoms with Gasteiger partial charge >= 0.3 is 6.18 Å². The fourth-order valence-electron chi connectivity index (χ4n) is 3.86. The molecule has 35 heavy (non-hydrogen) atoms. The van der Waals surface area contributed by atoms with E-state index in [9.17, 15) is 27.6 Å². The number of hydrogen-bond donors (Lipinski definition) is 1. The van der Waals surface area contributed by atoms with Crippen molar-refractivity contribution < 1.29 is 22.4 Å². The number of carbonyl (C=O) groups is 1. The highest BCUT2D eigenvalue weighted by atomic mass is 19.4. The first kappa shape index (κ1) is 23.8. The summed E-state index contributed by atoms with van der Waals surface area (Å²) in [5.74, 6) is -1.65. The van der Waals surface area contributed by atoms with Crippen LogP contribution in [0.2, 0.25) is 0 Å². The van der Waals surface area contributed by atoms with E-state index in [1.165, 1.54) is 49.4 Å². The fraction of sp³-hybridized carbons (Fsp3) is 0.160. The molecular formula is C25H19F4N5O. The first-order valence-electron chi connectivity index (χ1n) is 10.6. The number of carbonyl (C=O) groups excluding carboxylic acids is 1. The lowest BCUT2D eigenvalue weighted by atomic mass is 10.1. The highest BCUT2D eigenvalue weighted by molar-refractivity contribution is 6.04. The van der Waals surface area contributed by atoms with Gasteiger partial charge < -0.3 is 14.5 Å². The molecule has 0 aliphatic heterocycles. The van der Waals surface area contributed by atoms with Crippen LogP contribution in [0.25, 0.3) is 5.69 Å². The highest BCUT2D eigenvalue weighted by Crippen LogP contribution is 2.36. The van der Waals surface area contributed by atoms with Crippen LogP contribution in [0.1, 0.15) is 39.8 Å². The van der Waals surface area contributed by atoms with Crippen molar-refractivity contribution in [2.45, 2.75) is 26.1 Å². The number of amides is 1. The number of anilines is 1. The molecule has 4 aromatic rings. The Morgan fingerprint density at radius 3 is 2.63 bits per heavy atom. The molecule has 2 aromatic carbocycles. The molecule has 178 valence electrons. The average Bonchev–Trinajstić information content (AvgIpc) is 3.48. The Bertz CT molecular complexity index is 1410. The van der Waals surface area contributed by atoms with Crippen molar-refractivity contribution in [3.8, 4) is 11.8 Å². The maximum Gasteiger partial charge on any atom is 0.418 e. The molecular weight excluding hydrogens is 462 g/mol. The molecule has 10 heteroatoms. The summed E-state index contributed by atoms with van der Waals surface area (Å²) in [6.45, 7) is 1.90. The van der Waals surface area contributed by atoms with Gasteiger partial charge in [0.2, 0.25) is 0 Å². The minimum Gasteiger partial charge on any atom is -0.333 e. The molecule has 0 atom stereocenters. The monoisotopic (exact) mass is 481 g/mol. The van der Waals surface area contributed by atoms with Gasteiger partial charge in [0.05, 0.1) is 29.2 Å². The van der Waals surface area contributed by atoms with E-state index < -0.39 is 23.5 Å². The molecule has 0 aliphatic carbocycles. The first-order valence-corrected chi connectivity index (χ1v) is 10.6. The van der Waals surface area contributed by atoms with Crippen LogP contribution >= 0.6 is 0 Å². The molecule has 0 radical (unpaired) electrons. The second kappa shape index (κ2) is 9.46. The summed E-state index contributed by atoms with van der Waals surface area (Å²) in [6.07, 6.45) is 0.136. The molecule has 0 saturated carbocycles. The van der Waals surface area contributed by atoms with E-state index in [0.717, 1.165) is 10.6 Å². The van der Waals surface area contributed by atoms with Crippen LogP contribution in [0, 0.1) is 17.1 Å². The third-order valence-corrected chi connectivity index (χ3v) is 5.41. The molecule has 0 spiro atoms. The van der Waals surface area contributed by atoms with Gasteiger partial charge in [-0.05, 0) is 48.4 Å². The van der Waals surface area contributed by atoms with E-state index in [1.54, 1.807) is 23.3 Å². The summed E-state index contributed by atoms with van der Waals surface area (Å²) < 4.78 is 58.9. The largest absolute Gasteiger partial charge is 0.418 e. The number of imidazole rings is 1. The highest BCUT2D eigenvalue weighted by Gasteiger charge is 2.37. The molecule has 0 saturated heterocycles. The first-order chi connectivity index (χ1) is 16.7. The molecule has 6 nitrogen and oxygen atoms in total. The molecule has 1 N–H and O–H groups in total. The Morgan fingerprint density at radius 2 is 1.97 bits per heavy atom. The van der Waals surface area contributed by atoms with Gasteiger partial charge in [0.15, 0.2) is 0 Å². The van der Waals surface area contributed by atoms with Crippen molar-refractivity contribution >= 4 is 11.6 Å². The van der Waals surface area contributed by atoms with E-state index in [1.807, 2.05) is 6.07 Å². The van der Waals surface area contributed by atoms with Crippen molar-refractivity contribution in [2.75, 3.05) is 5.32 Å². The van der Waals surface area contributed by atoms with Crippen molar-refractivity contribution in [2.24, 2.45) is 0 Å². The second-order valence-corrected chi connectivity index (χ2v) is 7.74. The molecule has 1 amide bonds. The molecule has 0 aliphatic rings. The van der Waals surface area contributed by atoms with E-state index in [2.05, 4.69) is 10.3 Å². The number of rotatable bonds is 6. The zero-order valence-electron chi connectivity index (χ0n) is 18.5. The Balaban J connectivity index is 1.77. The van der Waals surface area contributed by atoms with E-state index in [0.29, 0.717) is 12.1 Å². The van der Waals surface area contributed by atoms with Crippen LogP contribution in [0.15, 0.2) is 67.3 Å². The molecule has 0 unspecified atom stereocenters. The Morgan fingerprint density at radius 1 is 1.17 bits per heavy atom. The van der Waals surface area contributed by atoms with E-state index in [4.69, 9.17) is 0 Å².